The minimum atomic E-state index is -4.18. The molecule has 0 amide bonds. The molecule has 0 spiro atoms. The van der Waals surface area contributed by atoms with Gasteiger partial charge in [-0.25, -0.2) is 0 Å². The maximum Gasteiger partial charge on any atom is 0.613 e. The van der Waals surface area contributed by atoms with Crippen LogP contribution in [0.2, 0.25) is 0 Å². The Balaban J connectivity index is 2.71. The van der Waals surface area contributed by atoms with E-state index in [9.17, 15) is 0 Å². The summed E-state index contributed by atoms with van der Waals surface area (Å²) >= 11 is 4.01. The summed E-state index contributed by atoms with van der Waals surface area (Å²) in [7, 11) is -4.18. The Morgan fingerprint density at radius 3 is 2.00 bits per heavy atom. The van der Waals surface area contributed by atoms with Gasteiger partial charge in [-0.2, -0.15) is 14.7 Å². The van der Waals surface area contributed by atoms with Gasteiger partial charge in [-0.05, 0) is 24.3 Å². The lowest BCUT2D eigenvalue weighted by Gasteiger charge is -2.02. The van der Waals surface area contributed by atoms with E-state index >= 15 is 0 Å². The molecule has 0 unspecified atom stereocenters. The quantitative estimate of drug-likeness (QED) is 0.431. The summed E-state index contributed by atoms with van der Waals surface area (Å²) in [5.41, 5.74) is 0. The van der Waals surface area contributed by atoms with E-state index in [0.29, 0.717) is 0 Å². The topological polar surface area (TPSA) is 69.9 Å². The lowest BCUT2D eigenvalue weighted by molar-refractivity contribution is 0.238. The third-order valence-corrected chi connectivity index (χ3v) is 1.82. The maximum absolute atomic E-state index is 8.52. The molecule has 3 N–H and O–H groups in total. The van der Waals surface area contributed by atoms with Crippen LogP contribution in [0.1, 0.15) is 0 Å². The fourth-order valence-corrected chi connectivity index (χ4v) is 1.20. The molecule has 1 rings (SSSR count). The van der Waals surface area contributed by atoms with Gasteiger partial charge in [0.2, 0.25) is 0 Å². The lowest BCUT2D eigenvalue weighted by atomic mass is 10.3. The first-order valence-electron chi connectivity index (χ1n) is 3.03. The van der Waals surface area contributed by atoms with Crippen LogP contribution in [0, 0.1) is 0 Å². The summed E-state index contributed by atoms with van der Waals surface area (Å²) in [6.07, 6.45) is 0. The fraction of sp³-hybridized carbons (Fsp3) is 0. The third-order valence-electron chi connectivity index (χ3n) is 1.06. The normalized spacial score (nSPS) is 11.3. The van der Waals surface area contributed by atoms with E-state index in [0.717, 1.165) is 4.90 Å². The van der Waals surface area contributed by atoms with Crippen LogP contribution in [0.4, 0.5) is 0 Å². The largest absolute Gasteiger partial charge is 0.613 e. The minimum Gasteiger partial charge on any atom is -0.261 e. The van der Waals surface area contributed by atoms with Gasteiger partial charge in [0.05, 0.1) is 0 Å². The first kappa shape index (κ1) is 9.77. The minimum absolute atomic E-state index is 0.189. The summed E-state index contributed by atoms with van der Waals surface area (Å²) in [4.78, 5) is 26.3. The molecule has 0 saturated carbocycles. The Labute approximate surface area is 75.5 Å². The molecule has 0 atom stereocenters. The molecule has 6 heteroatoms. The van der Waals surface area contributed by atoms with Gasteiger partial charge in [0, 0.05) is 4.90 Å². The van der Waals surface area contributed by atoms with Gasteiger partial charge in [-0.15, -0.1) is 12.6 Å². The monoisotopic (exact) mass is 207 g/mol. The lowest BCUT2D eigenvalue weighted by Crippen LogP contribution is -1.97. The highest BCUT2D eigenvalue weighted by atomic mass is 32.1. The summed E-state index contributed by atoms with van der Waals surface area (Å²) in [6, 6.07) is 6.15. The number of hydrogen-bond donors (Lipinski definition) is 4. The predicted molar refractivity (Wildman–Crippen MR) is 47.9 cm³/mol. The summed E-state index contributed by atoms with van der Waals surface area (Å²) in [6.45, 7) is 0. The Hall–Kier alpha value is -0.320. The molecule has 0 bridgehead atoms. The van der Waals surface area contributed by atoms with Crippen molar-refractivity contribution in [3.05, 3.63) is 24.3 Å². The number of benzene rings is 1. The predicted octanol–water partition coefficient (Wildman–Crippen LogP) is 1.01. The molecule has 1 aromatic carbocycles. The second-order valence-electron chi connectivity index (χ2n) is 2.10. The Bertz CT molecular complexity index is 255. The maximum atomic E-state index is 8.52. The molecule has 0 aliphatic rings. The van der Waals surface area contributed by atoms with Crippen LogP contribution in [0.15, 0.2) is 29.2 Å². The van der Waals surface area contributed by atoms with E-state index in [1.54, 1.807) is 12.1 Å². The number of hydrogen-bond acceptors (Lipinski definition) is 5. The zero-order valence-electron chi connectivity index (χ0n) is 5.95. The number of thiol groups is 1. The van der Waals surface area contributed by atoms with Gasteiger partial charge in [-0.1, -0.05) is 0 Å². The van der Waals surface area contributed by atoms with E-state index in [1.165, 1.54) is 12.1 Å². The molecular formula is C6H8O4PS+. The van der Waals surface area contributed by atoms with Crippen molar-refractivity contribution in [1.82, 2.24) is 0 Å². The van der Waals surface area contributed by atoms with E-state index in [2.05, 4.69) is 17.2 Å². The van der Waals surface area contributed by atoms with Crippen LogP contribution < -0.4 is 4.52 Å². The van der Waals surface area contributed by atoms with Gasteiger partial charge in [-0.3, -0.25) is 4.52 Å². The van der Waals surface area contributed by atoms with Gasteiger partial charge in [0.25, 0.3) is 0 Å². The van der Waals surface area contributed by atoms with Gasteiger partial charge >= 0.3 is 8.17 Å². The Morgan fingerprint density at radius 2 is 1.58 bits per heavy atom. The van der Waals surface area contributed by atoms with Crippen molar-refractivity contribution in [2.24, 2.45) is 0 Å². The van der Waals surface area contributed by atoms with Crippen molar-refractivity contribution in [3.8, 4) is 5.75 Å². The van der Waals surface area contributed by atoms with Crippen molar-refractivity contribution < 1.29 is 19.2 Å². The SMILES string of the molecule is O[P+](O)(O)Oc1ccc(S)cc1. The average Bonchev–Trinajstić information content (AvgIpc) is 1.91. The molecule has 0 heterocycles. The Morgan fingerprint density at radius 1 is 1.08 bits per heavy atom. The average molecular weight is 207 g/mol. The van der Waals surface area contributed by atoms with Crippen LogP contribution in [0.25, 0.3) is 0 Å². The van der Waals surface area contributed by atoms with Crippen LogP contribution in [-0.2, 0) is 0 Å². The molecule has 12 heavy (non-hydrogen) atoms. The highest BCUT2D eigenvalue weighted by Crippen LogP contribution is 2.45. The first-order chi connectivity index (χ1) is 5.47. The van der Waals surface area contributed by atoms with E-state index in [-0.39, 0.29) is 5.75 Å². The second kappa shape index (κ2) is 3.60. The van der Waals surface area contributed by atoms with Crippen LogP contribution in [0.3, 0.4) is 0 Å². The zero-order valence-corrected chi connectivity index (χ0v) is 7.74. The van der Waals surface area contributed by atoms with Crippen LogP contribution in [0.5, 0.6) is 5.75 Å². The smallest absolute Gasteiger partial charge is 0.261 e. The van der Waals surface area contributed by atoms with Crippen molar-refractivity contribution >= 4 is 20.8 Å². The molecule has 4 nitrogen and oxygen atoms in total. The summed E-state index contributed by atoms with van der Waals surface area (Å²) < 4.78 is 4.40. The third kappa shape index (κ3) is 3.38. The molecule has 0 radical (unpaired) electrons. The standard InChI is InChI=1S/C6H7O4PS/c7-11(8,9)10-5-1-3-6(12)4-2-5/h1-4,7-9H/p+1. The van der Waals surface area contributed by atoms with Crippen molar-refractivity contribution in [2.45, 2.75) is 4.90 Å². The highest BCUT2D eigenvalue weighted by Gasteiger charge is 2.34. The van der Waals surface area contributed by atoms with Gasteiger partial charge in [0.1, 0.15) is 0 Å². The van der Waals surface area contributed by atoms with E-state index in [4.69, 9.17) is 14.7 Å². The van der Waals surface area contributed by atoms with E-state index in [1.807, 2.05) is 0 Å². The molecule has 0 saturated heterocycles. The first-order valence-corrected chi connectivity index (χ1v) is 5.04. The summed E-state index contributed by atoms with van der Waals surface area (Å²) in [5.74, 6) is 0.189. The zero-order chi connectivity index (χ0) is 9.19. The van der Waals surface area contributed by atoms with Crippen molar-refractivity contribution in [2.75, 3.05) is 0 Å². The molecule has 0 aromatic heterocycles. The van der Waals surface area contributed by atoms with Crippen LogP contribution in [-0.4, -0.2) is 14.7 Å². The van der Waals surface area contributed by atoms with Crippen LogP contribution >= 0.6 is 20.8 Å². The van der Waals surface area contributed by atoms with E-state index < -0.39 is 8.17 Å². The molecule has 0 fully saturated rings. The highest BCUT2D eigenvalue weighted by molar-refractivity contribution is 7.80. The fourth-order valence-electron chi connectivity index (χ4n) is 0.648. The van der Waals surface area contributed by atoms with Crippen molar-refractivity contribution in [3.63, 3.8) is 0 Å². The molecule has 66 valence electrons. The number of rotatable bonds is 2. The molecular weight excluding hydrogens is 199 g/mol. The van der Waals surface area contributed by atoms with Crippen molar-refractivity contribution in [1.29, 1.82) is 0 Å². The molecule has 1 aromatic rings. The second-order valence-corrected chi connectivity index (χ2v) is 3.82. The van der Waals surface area contributed by atoms with Gasteiger partial charge < -0.3 is 0 Å². The molecule has 0 aliphatic carbocycles. The Kier molecular flexibility index (Phi) is 2.93. The van der Waals surface area contributed by atoms with Gasteiger partial charge in [0.15, 0.2) is 5.75 Å². The molecule has 0 aliphatic heterocycles. The summed E-state index contributed by atoms with van der Waals surface area (Å²) in [5, 5.41) is 0.